The van der Waals surface area contributed by atoms with E-state index in [1.165, 1.54) is 0 Å². The Hall–Kier alpha value is -3.79. The zero-order chi connectivity index (χ0) is 23.4. The van der Waals surface area contributed by atoms with Crippen molar-refractivity contribution in [2.75, 3.05) is 23.3 Å². The summed E-state index contributed by atoms with van der Waals surface area (Å²) < 4.78 is 20.2. The molecule has 10 heteroatoms. The minimum Gasteiger partial charge on any atom is -0.370 e. The smallest absolute Gasteiger partial charge is 0.259 e. The number of hydrogen-bond donors (Lipinski definition) is 2. The maximum Gasteiger partial charge on any atom is 0.259 e. The molecule has 0 radical (unpaired) electrons. The molecule has 3 aromatic heterocycles. The molecule has 0 unspecified atom stereocenters. The first-order valence-corrected chi connectivity index (χ1v) is 11.3. The first-order valence-electron chi connectivity index (χ1n) is 11.3. The van der Waals surface area contributed by atoms with Crippen molar-refractivity contribution < 1.29 is 13.7 Å². The van der Waals surface area contributed by atoms with Gasteiger partial charge in [0.15, 0.2) is 0 Å². The number of amides is 1. The zero-order valence-corrected chi connectivity index (χ0v) is 18.6. The van der Waals surface area contributed by atoms with E-state index in [1.54, 1.807) is 16.8 Å². The van der Waals surface area contributed by atoms with Crippen LogP contribution in [-0.4, -0.2) is 51.0 Å². The predicted molar refractivity (Wildman–Crippen MR) is 125 cm³/mol. The van der Waals surface area contributed by atoms with Gasteiger partial charge >= 0.3 is 0 Å². The summed E-state index contributed by atoms with van der Waals surface area (Å²) >= 11 is 0. The zero-order valence-electron chi connectivity index (χ0n) is 18.6. The highest BCUT2D eigenvalue weighted by Gasteiger charge is 2.43. The lowest BCUT2D eigenvalue weighted by Crippen LogP contribution is -2.26. The van der Waals surface area contributed by atoms with Crippen molar-refractivity contribution in [2.24, 2.45) is 5.73 Å². The van der Waals surface area contributed by atoms with E-state index in [0.29, 0.717) is 35.0 Å². The average Bonchev–Trinajstić information content (AvgIpc) is 3.25. The topological polar surface area (TPSA) is 115 Å². The molecule has 0 bridgehead atoms. The fraction of sp³-hybridized carbons (Fsp3) is 0.333. The lowest BCUT2D eigenvalue weighted by Gasteiger charge is -2.18. The van der Waals surface area contributed by atoms with E-state index in [1.807, 2.05) is 37.4 Å². The van der Waals surface area contributed by atoms with Gasteiger partial charge in [-0.15, -0.1) is 0 Å². The molecular weight excluding hydrogens is 437 g/mol. The Morgan fingerprint density at radius 1 is 1.29 bits per heavy atom. The molecule has 34 heavy (non-hydrogen) atoms. The first-order chi connectivity index (χ1) is 16.5. The molecule has 1 amide bonds. The minimum atomic E-state index is -0.908. The first kappa shape index (κ1) is 20.8. The van der Waals surface area contributed by atoms with Crippen molar-refractivity contribution in [1.29, 1.82) is 0 Å². The van der Waals surface area contributed by atoms with Crippen molar-refractivity contribution in [1.82, 2.24) is 19.8 Å². The highest BCUT2D eigenvalue weighted by atomic mass is 19.1. The van der Waals surface area contributed by atoms with Gasteiger partial charge in [-0.25, -0.2) is 8.91 Å². The van der Waals surface area contributed by atoms with Crippen LogP contribution in [0, 0.1) is 6.92 Å². The molecule has 0 spiro atoms. The van der Waals surface area contributed by atoms with E-state index in [-0.39, 0.29) is 17.9 Å². The van der Waals surface area contributed by atoms with Crippen LogP contribution < -0.4 is 16.0 Å². The van der Waals surface area contributed by atoms with Crippen molar-refractivity contribution in [3.05, 3.63) is 59.7 Å². The summed E-state index contributed by atoms with van der Waals surface area (Å²) in [5.41, 5.74) is 10.5. The maximum atomic E-state index is 13.3. The fourth-order valence-electron chi connectivity index (χ4n) is 4.37. The Kier molecular flexibility index (Phi) is 4.84. The minimum absolute atomic E-state index is 0.164. The molecule has 1 aliphatic heterocycles. The lowest BCUT2D eigenvalue weighted by atomic mass is 10.1. The van der Waals surface area contributed by atoms with Crippen LogP contribution in [0.1, 0.15) is 40.6 Å². The van der Waals surface area contributed by atoms with Gasteiger partial charge in [0.1, 0.15) is 6.17 Å². The maximum absolute atomic E-state index is 13.3. The quantitative estimate of drug-likeness (QED) is 0.469. The number of anilines is 2. The Morgan fingerprint density at radius 2 is 2.15 bits per heavy atom. The SMILES string of the molecule is Cc1ccc(-c2noc([C@H]3C[C@@H]3F)n2)cc1NC(=O)c1cnn2ccc(N3CC[C@@H](N)C3)cc12. The van der Waals surface area contributed by atoms with Crippen LogP contribution in [0.15, 0.2) is 47.2 Å². The molecule has 4 aromatic rings. The second-order valence-corrected chi connectivity index (χ2v) is 9.07. The van der Waals surface area contributed by atoms with E-state index in [4.69, 9.17) is 10.3 Å². The predicted octanol–water partition coefficient (Wildman–Crippen LogP) is 3.31. The average molecular weight is 462 g/mol. The highest BCUT2D eigenvalue weighted by molar-refractivity contribution is 6.09. The Balaban J connectivity index is 1.26. The summed E-state index contributed by atoms with van der Waals surface area (Å²) in [6.07, 6.45) is 3.88. The van der Waals surface area contributed by atoms with Gasteiger partial charge < -0.3 is 20.5 Å². The van der Waals surface area contributed by atoms with Gasteiger partial charge in [0.25, 0.3) is 5.91 Å². The fourth-order valence-corrected chi connectivity index (χ4v) is 4.37. The molecule has 1 saturated carbocycles. The van der Waals surface area contributed by atoms with Gasteiger partial charge in [0.2, 0.25) is 11.7 Å². The number of benzene rings is 1. The second kappa shape index (κ2) is 7.91. The summed E-state index contributed by atoms with van der Waals surface area (Å²) in [5, 5.41) is 11.3. The Morgan fingerprint density at radius 3 is 2.91 bits per heavy atom. The summed E-state index contributed by atoms with van der Waals surface area (Å²) in [6.45, 7) is 3.59. The number of nitrogens with two attached hydrogens (primary N) is 1. The molecule has 174 valence electrons. The van der Waals surface area contributed by atoms with E-state index in [0.717, 1.165) is 36.3 Å². The molecule has 1 aromatic carbocycles. The highest BCUT2D eigenvalue weighted by Crippen LogP contribution is 2.43. The van der Waals surface area contributed by atoms with Gasteiger partial charge in [0, 0.05) is 42.3 Å². The van der Waals surface area contributed by atoms with Crippen molar-refractivity contribution in [3.63, 3.8) is 0 Å². The number of aryl methyl sites for hydroxylation is 1. The van der Waals surface area contributed by atoms with Crippen LogP contribution in [0.2, 0.25) is 0 Å². The van der Waals surface area contributed by atoms with Gasteiger partial charge in [0.05, 0.1) is 23.2 Å². The van der Waals surface area contributed by atoms with Crippen LogP contribution in [-0.2, 0) is 0 Å². The standard InChI is InChI=1S/C24H24FN7O2/c1-13-2-3-14(22-29-24(34-30-22)17-10-19(17)25)8-20(13)28-23(33)18-11-27-32-7-5-16(9-21(18)32)31-6-4-15(26)12-31/h2-3,5,7-9,11,15,17,19H,4,6,10,12,26H2,1H3,(H,28,33)/t15-,17+,19+/m1/s1. The number of hydrogen-bond acceptors (Lipinski definition) is 7. The number of alkyl halides is 1. The van der Waals surface area contributed by atoms with Crippen molar-refractivity contribution >= 4 is 22.8 Å². The molecule has 3 N–H and O–H groups in total. The third kappa shape index (κ3) is 3.69. The summed E-state index contributed by atoms with van der Waals surface area (Å²) in [6, 6.07) is 9.64. The number of rotatable bonds is 5. The number of carbonyl (C=O) groups excluding carboxylic acids is 1. The number of pyridine rings is 1. The summed E-state index contributed by atoms with van der Waals surface area (Å²) in [7, 11) is 0. The second-order valence-electron chi connectivity index (χ2n) is 9.07. The number of aromatic nitrogens is 4. The number of carbonyl (C=O) groups is 1. The van der Waals surface area contributed by atoms with E-state index >= 15 is 0 Å². The number of fused-ring (bicyclic) bond motifs is 1. The molecule has 3 atom stereocenters. The van der Waals surface area contributed by atoms with Gasteiger partial charge in [-0.3, -0.25) is 4.79 Å². The lowest BCUT2D eigenvalue weighted by molar-refractivity contribution is 0.102. The van der Waals surface area contributed by atoms with E-state index < -0.39 is 6.17 Å². The van der Waals surface area contributed by atoms with Gasteiger partial charge in [-0.05, 0) is 43.5 Å². The van der Waals surface area contributed by atoms with Crippen LogP contribution in [0.3, 0.4) is 0 Å². The third-order valence-corrected chi connectivity index (χ3v) is 6.56. The summed E-state index contributed by atoms with van der Waals surface area (Å²) in [5.74, 6) is 0.115. The molecule has 2 fully saturated rings. The molecule has 9 nitrogen and oxygen atoms in total. The van der Waals surface area contributed by atoms with E-state index in [2.05, 4.69) is 25.5 Å². The van der Waals surface area contributed by atoms with Crippen LogP contribution >= 0.6 is 0 Å². The molecular formula is C24H24FN7O2. The van der Waals surface area contributed by atoms with Crippen LogP contribution in [0.5, 0.6) is 0 Å². The molecule has 4 heterocycles. The van der Waals surface area contributed by atoms with Crippen LogP contribution in [0.25, 0.3) is 16.9 Å². The molecule has 6 rings (SSSR count). The van der Waals surface area contributed by atoms with Gasteiger partial charge in [-0.1, -0.05) is 17.3 Å². The number of halogens is 1. The molecule has 1 aliphatic carbocycles. The third-order valence-electron chi connectivity index (χ3n) is 6.56. The normalized spacial score (nSPS) is 21.9. The van der Waals surface area contributed by atoms with E-state index in [9.17, 15) is 9.18 Å². The van der Waals surface area contributed by atoms with Crippen LogP contribution in [0.4, 0.5) is 15.8 Å². The Labute approximate surface area is 194 Å². The summed E-state index contributed by atoms with van der Waals surface area (Å²) in [4.78, 5) is 19.8. The molecule has 2 aliphatic rings. The largest absolute Gasteiger partial charge is 0.370 e. The number of nitrogens with one attached hydrogen (secondary N) is 1. The van der Waals surface area contributed by atoms with Crippen molar-refractivity contribution in [2.45, 2.75) is 37.9 Å². The Bertz CT molecular complexity index is 1400. The molecule has 1 saturated heterocycles. The number of nitrogens with zero attached hydrogens (tertiary/aromatic N) is 5. The van der Waals surface area contributed by atoms with Gasteiger partial charge in [-0.2, -0.15) is 10.1 Å². The monoisotopic (exact) mass is 461 g/mol. The van der Waals surface area contributed by atoms with Crippen molar-refractivity contribution in [3.8, 4) is 11.4 Å².